The topological polar surface area (TPSA) is 17.1 Å². The Bertz CT molecular complexity index is 411. The largest absolute Gasteiger partial charge is 0.304 e. The van der Waals surface area contributed by atoms with Crippen molar-refractivity contribution in [3.63, 3.8) is 0 Å². The third kappa shape index (κ3) is 3.60. The quantitative estimate of drug-likeness (QED) is 0.709. The number of benzene rings is 2. The molecule has 0 unspecified atom stereocenters. The van der Waals surface area contributed by atoms with E-state index in [0.717, 1.165) is 12.6 Å². The highest BCUT2D eigenvalue weighted by Crippen LogP contribution is 2.07. The van der Waals surface area contributed by atoms with Gasteiger partial charge in [-0.1, -0.05) is 71.8 Å². The van der Waals surface area contributed by atoms with Gasteiger partial charge in [-0.2, -0.15) is 0 Å². The van der Waals surface area contributed by atoms with Crippen LogP contribution >= 0.6 is 0 Å². The van der Waals surface area contributed by atoms with E-state index in [2.05, 4.69) is 30.5 Å². The normalized spacial score (nSPS) is 9.88. The van der Waals surface area contributed by atoms with Crippen LogP contribution in [0.2, 0.25) is 0 Å². The molecule has 0 aliphatic heterocycles. The van der Waals surface area contributed by atoms with Gasteiger partial charge in [-0.25, -0.2) is 0 Å². The highest BCUT2D eigenvalue weighted by Gasteiger charge is 2.15. The van der Waals surface area contributed by atoms with E-state index in [1.807, 2.05) is 36.4 Å². The molecule has 0 saturated carbocycles. The maximum atomic E-state index is 11.0. The van der Waals surface area contributed by atoms with Crippen LogP contribution in [0, 0.1) is 0 Å². The molecule has 0 saturated heterocycles. The van der Waals surface area contributed by atoms with E-state index in [4.69, 9.17) is 0 Å². The predicted molar refractivity (Wildman–Crippen MR) is 71.7 cm³/mol. The summed E-state index contributed by atoms with van der Waals surface area (Å²) in [5.41, 5.74) is 2.38. The van der Waals surface area contributed by atoms with Crippen molar-refractivity contribution in [1.82, 2.24) is 0 Å². The van der Waals surface area contributed by atoms with Crippen LogP contribution < -0.4 is 0 Å². The minimum absolute atomic E-state index is 0.0557. The van der Waals surface area contributed by atoms with Crippen molar-refractivity contribution < 1.29 is 4.79 Å². The number of hydrogen-bond acceptors (Lipinski definition) is 1. The second-order valence-electron chi connectivity index (χ2n) is 4.19. The van der Waals surface area contributed by atoms with Crippen LogP contribution in [0.3, 0.4) is 0 Å². The fourth-order valence-corrected chi connectivity index (χ4v) is 1.95. The SMILES string of the molecule is O=[C]B(Cc1ccccc1)Cc1ccccc1. The molecule has 1 radical (unpaired) electrons. The lowest BCUT2D eigenvalue weighted by atomic mass is 9.44. The first-order valence-corrected chi connectivity index (χ1v) is 5.84. The zero-order chi connectivity index (χ0) is 11.9. The third-order valence-electron chi connectivity index (χ3n) is 2.82. The Hall–Kier alpha value is -1.83. The Kier molecular flexibility index (Phi) is 4.14. The van der Waals surface area contributed by atoms with Crippen LogP contribution in [0.1, 0.15) is 11.1 Å². The molecule has 17 heavy (non-hydrogen) atoms. The minimum atomic E-state index is -0.0557. The Morgan fingerprint density at radius 2 is 1.18 bits per heavy atom. The van der Waals surface area contributed by atoms with E-state index in [1.165, 1.54) is 11.1 Å². The first-order valence-electron chi connectivity index (χ1n) is 5.84. The molecule has 2 rings (SSSR count). The third-order valence-corrected chi connectivity index (χ3v) is 2.82. The molecular weight excluding hydrogens is 207 g/mol. The molecule has 0 aliphatic rings. The van der Waals surface area contributed by atoms with Gasteiger partial charge < -0.3 is 4.79 Å². The van der Waals surface area contributed by atoms with Gasteiger partial charge in [0.15, 0.2) is 0 Å². The monoisotopic (exact) mass is 221 g/mol. The average molecular weight is 221 g/mol. The second-order valence-corrected chi connectivity index (χ2v) is 4.19. The van der Waals surface area contributed by atoms with Crippen molar-refractivity contribution >= 4 is 12.9 Å². The molecule has 0 N–H and O–H groups in total. The van der Waals surface area contributed by atoms with Gasteiger partial charge in [0, 0.05) is 0 Å². The van der Waals surface area contributed by atoms with Crippen molar-refractivity contribution in [1.29, 1.82) is 0 Å². The van der Waals surface area contributed by atoms with Crippen molar-refractivity contribution in [2.75, 3.05) is 0 Å². The summed E-state index contributed by atoms with van der Waals surface area (Å²) in [4.78, 5) is 11.0. The minimum Gasteiger partial charge on any atom is -0.304 e. The van der Waals surface area contributed by atoms with Gasteiger partial charge in [-0.3, -0.25) is 0 Å². The summed E-state index contributed by atoms with van der Waals surface area (Å²) in [5.74, 6) is 0. The van der Waals surface area contributed by atoms with E-state index in [0.29, 0.717) is 0 Å². The van der Waals surface area contributed by atoms with Gasteiger partial charge in [0.1, 0.15) is 6.19 Å². The summed E-state index contributed by atoms with van der Waals surface area (Å²) >= 11 is 0. The molecule has 0 heterocycles. The lowest BCUT2D eigenvalue weighted by molar-refractivity contribution is 0.567. The molecule has 83 valence electrons. The molecule has 0 atom stereocenters. The molecule has 0 amide bonds. The maximum Gasteiger partial charge on any atom is 0.241 e. The number of carbonyl (C=O) groups excluding carboxylic acids is 1. The van der Waals surface area contributed by atoms with Crippen LogP contribution in [0.5, 0.6) is 0 Å². The Labute approximate surface area is 103 Å². The summed E-state index contributed by atoms with van der Waals surface area (Å²) in [5, 5.41) is 0. The Morgan fingerprint density at radius 3 is 1.53 bits per heavy atom. The van der Waals surface area contributed by atoms with Crippen LogP contribution in [0.15, 0.2) is 60.7 Å². The molecule has 1 nitrogen and oxygen atoms in total. The van der Waals surface area contributed by atoms with E-state index < -0.39 is 0 Å². The number of rotatable bonds is 5. The summed E-state index contributed by atoms with van der Waals surface area (Å²) < 4.78 is 0. The first kappa shape index (κ1) is 11.7. The van der Waals surface area contributed by atoms with Gasteiger partial charge in [-0.05, 0) is 12.6 Å². The Morgan fingerprint density at radius 1 is 0.765 bits per heavy atom. The van der Waals surface area contributed by atoms with Crippen LogP contribution in [0.25, 0.3) is 0 Å². The van der Waals surface area contributed by atoms with Gasteiger partial charge in [-0.15, -0.1) is 0 Å². The van der Waals surface area contributed by atoms with E-state index >= 15 is 0 Å². The Balaban J connectivity index is 2.01. The molecule has 0 bridgehead atoms. The summed E-state index contributed by atoms with van der Waals surface area (Å²) in [6.07, 6.45) is 3.68. The van der Waals surface area contributed by atoms with E-state index in [1.54, 1.807) is 0 Å². The molecule has 0 aliphatic carbocycles. The average Bonchev–Trinajstić information content (AvgIpc) is 2.40. The lowest BCUT2D eigenvalue weighted by Crippen LogP contribution is -2.22. The van der Waals surface area contributed by atoms with Crippen LogP contribution in [-0.4, -0.2) is 12.9 Å². The summed E-state index contributed by atoms with van der Waals surface area (Å²) in [6, 6.07) is 20.2. The van der Waals surface area contributed by atoms with E-state index in [-0.39, 0.29) is 6.71 Å². The van der Waals surface area contributed by atoms with Gasteiger partial charge in [0.2, 0.25) is 6.71 Å². The lowest BCUT2D eigenvalue weighted by Gasteiger charge is -2.06. The fraction of sp³-hybridized carbons (Fsp3) is 0.133. The molecule has 0 fully saturated rings. The van der Waals surface area contributed by atoms with Gasteiger partial charge in [0.25, 0.3) is 0 Å². The van der Waals surface area contributed by atoms with Gasteiger partial charge >= 0.3 is 0 Å². The summed E-state index contributed by atoms with van der Waals surface area (Å²) in [6.45, 7) is -0.0557. The highest BCUT2D eigenvalue weighted by atomic mass is 16.1. The molecule has 2 aromatic rings. The van der Waals surface area contributed by atoms with Crippen LogP contribution in [-0.2, 0) is 17.4 Å². The standard InChI is InChI=1S/C15H14BO/c17-13-16(11-14-7-3-1-4-8-14)12-15-9-5-2-6-10-15/h1-10H,11-12H2. The highest BCUT2D eigenvalue weighted by molar-refractivity contribution is 6.83. The maximum absolute atomic E-state index is 11.0. The van der Waals surface area contributed by atoms with E-state index in [9.17, 15) is 4.79 Å². The molecule has 0 aromatic heterocycles. The molecule has 2 heteroatoms. The van der Waals surface area contributed by atoms with Crippen molar-refractivity contribution in [2.45, 2.75) is 12.6 Å². The van der Waals surface area contributed by atoms with Gasteiger partial charge in [0.05, 0.1) is 0 Å². The molecule has 0 spiro atoms. The summed E-state index contributed by atoms with van der Waals surface area (Å²) in [7, 11) is 0. The second kappa shape index (κ2) is 6.04. The smallest absolute Gasteiger partial charge is 0.241 e. The van der Waals surface area contributed by atoms with Crippen molar-refractivity contribution in [2.24, 2.45) is 0 Å². The van der Waals surface area contributed by atoms with Crippen molar-refractivity contribution in [3.8, 4) is 0 Å². The zero-order valence-corrected chi connectivity index (χ0v) is 9.67. The molecule has 2 aromatic carbocycles. The van der Waals surface area contributed by atoms with Crippen molar-refractivity contribution in [3.05, 3.63) is 71.8 Å². The molecular formula is C15H14BO. The predicted octanol–water partition coefficient (Wildman–Crippen LogP) is 2.69. The first-order chi connectivity index (χ1) is 8.38. The van der Waals surface area contributed by atoms with Crippen LogP contribution in [0.4, 0.5) is 0 Å². The zero-order valence-electron chi connectivity index (χ0n) is 9.67. The fourth-order valence-electron chi connectivity index (χ4n) is 1.95. The number of hydrogen-bond donors (Lipinski definition) is 0.